The summed E-state index contributed by atoms with van der Waals surface area (Å²) in [7, 11) is 0. The van der Waals surface area contributed by atoms with Crippen LogP contribution in [0, 0.1) is 20.8 Å². The molecule has 8 nitrogen and oxygen atoms in total. The highest BCUT2D eigenvalue weighted by Gasteiger charge is 2.31. The van der Waals surface area contributed by atoms with Crippen molar-refractivity contribution in [1.29, 1.82) is 0 Å². The molecule has 2 aromatic carbocycles. The molecule has 200 valence electrons. The second kappa shape index (κ2) is 9.57. The molecule has 1 aliphatic rings. The minimum Gasteiger partial charge on any atom is -0.365 e. The van der Waals surface area contributed by atoms with Crippen LogP contribution in [-0.2, 0) is 19.1 Å². The first kappa shape index (κ1) is 26.0. The maximum Gasteiger partial charge on any atom is 0.416 e. The quantitative estimate of drug-likeness (QED) is 0.318. The van der Waals surface area contributed by atoms with E-state index in [-0.39, 0.29) is 16.9 Å². The summed E-state index contributed by atoms with van der Waals surface area (Å²) in [6.45, 7) is 5.95. The lowest BCUT2D eigenvalue weighted by molar-refractivity contribution is -0.137. The molecule has 2 aromatic heterocycles. The van der Waals surface area contributed by atoms with E-state index in [0.717, 1.165) is 35.1 Å². The molecule has 2 amide bonds. The number of carbonyl (C=O) groups is 2. The largest absolute Gasteiger partial charge is 0.416 e. The number of nitrogens with zero attached hydrogens (tertiary/aromatic N) is 3. The Morgan fingerprint density at radius 1 is 1.03 bits per heavy atom. The lowest BCUT2D eigenvalue weighted by atomic mass is 9.95. The van der Waals surface area contributed by atoms with Crippen LogP contribution in [0.15, 0.2) is 48.7 Å². The van der Waals surface area contributed by atoms with Crippen molar-refractivity contribution in [3.63, 3.8) is 0 Å². The van der Waals surface area contributed by atoms with Crippen molar-refractivity contribution < 1.29 is 22.8 Å². The van der Waals surface area contributed by atoms with Gasteiger partial charge in [-0.3, -0.25) is 9.59 Å². The molecule has 4 aromatic rings. The Labute approximate surface area is 222 Å². The minimum absolute atomic E-state index is 0.215. The Bertz CT molecular complexity index is 1620. The van der Waals surface area contributed by atoms with Gasteiger partial charge in [0.05, 0.1) is 5.56 Å². The molecule has 0 aliphatic carbocycles. The Morgan fingerprint density at radius 3 is 2.41 bits per heavy atom. The molecule has 0 bridgehead atoms. The molecule has 4 N–H and O–H groups in total. The highest BCUT2D eigenvalue weighted by Crippen LogP contribution is 2.36. The number of benzene rings is 2. The number of rotatable bonds is 4. The van der Waals surface area contributed by atoms with Gasteiger partial charge in [-0.2, -0.15) is 18.3 Å². The van der Waals surface area contributed by atoms with E-state index in [9.17, 15) is 22.8 Å². The van der Waals surface area contributed by atoms with Gasteiger partial charge < -0.3 is 16.4 Å². The van der Waals surface area contributed by atoms with Gasteiger partial charge in [-0.05, 0) is 74.2 Å². The number of alkyl halides is 3. The van der Waals surface area contributed by atoms with E-state index in [1.165, 1.54) is 0 Å². The number of amides is 2. The molecular formula is C28H25F3N6O2. The lowest BCUT2D eigenvalue weighted by Gasteiger charge is -2.14. The zero-order chi connectivity index (χ0) is 28.1. The molecule has 5 rings (SSSR count). The predicted octanol–water partition coefficient (Wildman–Crippen LogP) is 5.54. The second-order valence-electron chi connectivity index (χ2n) is 9.56. The molecule has 0 radical (unpaired) electrons. The monoisotopic (exact) mass is 534 g/mol. The number of fused-ring (bicyclic) bond motifs is 2. The molecular weight excluding hydrogens is 509 g/mol. The Balaban J connectivity index is 1.50. The number of pyridine rings is 1. The zero-order valence-corrected chi connectivity index (χ0v) is 21.4. The van der Waals surface area contributed by atoms with E-state index in [0.29, 0.717) is 41.2 Å². The summed E-state index contributed by atoms with van der Waals surface area (Å²) in [5.41, 5.74) is 10.6. The van der Waals surface area contributed by atoms with Crippen molar-refractivity contribution in [2.45, 2.75) is 39.9 Å². The molecule has 0 saturated carbocycles. The summed E-state index contributed by atoms with van der Waals surface area (Å²) in [4.78, 5) is 29.5. The molecule has 0 spiro atoms. The Kier molecular flexibility index (Phi) is 6.37. The SMILES string of the molecule is Cc1ccc2c(c1)CCn1nc(-c3cc(C)c(C(=O)Nc4cc(C(F)(F)F)ccn4)c(C)c3)c(C(N)=O)c1N2. The van der Waals surface area contributed by atoms with Gasteiger partial charge in [0.1, 0.15) is 22.9 Å². The smallest absolute Gasteiger partial charge is 0.365 e. The molecule has 0 unspecified atom stereocenters. The van der Waals surface area contributed by atoms with E-state index in [1.807, 2.05) is 19.1 Å². The third kappa shape index (κ3) is 4.95. The van der Waals surface area contributed by atoms with Gasteiger partial charge in [0, 0.05) is 29.6 Å². The molecule has 1 aliphatic heterocycles. The van der Waals surface area contributed by atoms with Crippen LogP contribution in [0.1, 0.15) is 48.5 Å². The number of nitrogens with one attached hydrogen (secondary N) is 2. The van der Waals surface area contributed by atoms with Crippen molar-refractivity contribution in [1.82, 2.24) is 14.8 Å². The van der Waals surface area contributed by atoms with Crippen molar-refractivity contribution in [2.75, 3.05) is 10.6 Å². The average Bonchev–Trinajstić information content (AvgIpc) is 3.12. The van der Waals surface area contributed by atoms with Gasteiger partial charge in [-0.25, -0.2) is 9.67 Å². The summed E-state index contributed by atoms with van der Waals surface area (Å²) in [6.07, 6.45) is -2.87. The van der Waals surface area contributed by atoms with Crippen LogP contribution in [-0.4, -0.2) is 26.6 Å². The van der Waals surface area contributed by atoms with Gasteiger partial charge in [0.15, 0.2) is 0 Å². The number of halogens is 3. The standard InChI is InChI=1S/C28H25F3N6O2/c1-14-4-5-20-17(10-14)7-9-37-26(34-20)23(25(32)38)24(36-37)18-11-15(2)22(16(3)12-18)27(39)35-21-13-19(6-8-33-21)28(29,30)31/h4-6,8,10-13,34H,7,9H2,1-3H3,(H2,32,38)(H,33,35,39). The predicted molar refractivity (Wildman–Crippen MR) is 141 cm³/mol. The zero-order valence-electron chi connectivity index (χ0n) is 21.4. The first-order valence-corrected chi connectivity index (χ1v) is 12.2. The van der Waals surface area contributed by atoms with Crippen molar-refractivity contribution in [3.8, 4) is 11.3 Å². The summed E-state index contributed by atoms with van der Waals surface area (Å²) in [6, 6.07) is 11.0. The van der Waals surface area contributed by atoms with Crippen LogP contribution in [0.5, 0.6) is 0 Å². The summed E-state index contributed by atoms with van der Waals surface area (Å²) >= 11 is 0. The number of aromatic nitrogens is 3. The maximum atomic E-state index is 13.1. The Hall–Kier alpha value is -4.67. The van der Waals surface area contributed by atoms with Crippen LogP contribution < -0.4 is 16.4 Å². The van der Waals surface area contributed by atoms with E-state index in [2.05, 4.69) is 21.7 Å². The summed E-state index contributed by atoms with van der Waals surface area (Å²) in [5, 5.41) is 10.5. The van der Waals surface area contributed by atoms with Gasteiger partial charge in [-0.15, -0.1) is 0 Å². The van der Waals surface area contributed by atoms with Gasteiger partial charge >= 0.3 is 6.18 Å². The fraction of sp³-hybridized carbons (Fsp3) is 0.214. The first-order chi connectivity index (χ1) is 18.4. The van der Waals surface area contributed by atoms with Crippen LogP contribution in [0.2, 0.25) is 0 Å². The number of aryl methyl sites for hydroxylation is 5. The normalized spacial score (nSPS) is 12.7. The van der Waals surface area contributed by atoms with Gasteiger partial charge in [0.25, 0.3) is 11.8 Å². The highest BCUT2D eigenvalue weighted by molar-refractivity contribution is 6.07. The van der Waals surface area contributed by atoms with Crippen LogP contribution >= 0.6 is 0 Å². The van der Waals surface area contributed by atoms with Gasteiger partial charge in [0.2, 0.25) is 0 Å². The molecule has 3 heterocycles. The summed E-state index contributed by atoms with van der Waals surface area (Å²) < 4.78 is 40.9. The third-order valence-electron chi connectivity index (χ3n) is 6.67. The first-order valence-electron chi connectivity index (χ1n) is 12.2. The molecule has 0 saturated heterocycles. The second-order valence-corrected chi connectivity index (χ2v) is 9.56. The van der Waals surface area contributed by atoms with E-state index < -0.39 is 23.6 Å². The van der Waals surface area contributed by atoms with Crippen LogP contribution in [0.25, 0.3) is 11.3 Å². The lowest BCUT2D eigenvalue weighted by Crippen LogP contribution is -2.17. The minimum atomic E-state index is -4.56. The van der Waals surface area contributed by atoms with E-state index in [4.69, 9.17) is 10.8 Å². The van der Waals surface area contributed by atoms with Crippen molar-refractivity contribution in [2.24, 2.45) is 5.73 Å². The van der Waals surface area contributed by atoms with Gasteiger partial charge in [-0.1, -0.05) is 17.7 Å². The fourth-order valence-electron chi connectivity index (χ4n) is 4.90. The summed E-state index contributed by atoms with van der Waals surface area (Å²) in [5.74, 6) is -0.976. The molecule has 11 heteroatoms. The molecule has 0 atom stereocenters. The number of primary amides is 1. The van der Waals surface area contributed by atoms with Crippen molar-refractivity contribution in [3.05, 3.63) is 87.6 Å². The van der Waals surface area contributed by atoms with E-state index >= 15 is 0 Å². The number of hydrogen-bond donors (Lipinski definition) is 3. The fourth-order valence-corrected chi connectivity index (χ4v) is 4.90. The number of anilines is 3. The molecule has 39 heavy (non-hydrogen) atoms. The van der Waals surface area contributed by atoms with Crippen LogP contribution in [0.4, 0.5) is 30.5 Å². The Morgan fingerprint density at radius 2 is 1.74 bits per heavy atom. The average molecular weight is 535 g/mol. The van der Waals surface area contributed by atoms with Crippen LogP contribution in [0.3, 0.4) is 0 Å². The molecule has 0 fully saturated rings. The topological polar surface area (TPSA) is 115 Å². The van der Waals surface area contributed by atoms with Crippen molar-refractivity contribution >= 4 is 29.1 Å². The maximum absolute atomic E-state index is 13.1. The number of carbonyl (C=O) groups excluding carboxylic acids is 2. The van der Waals surface area contributed by atoms with E-state index in [1.54, 1.807) is 30.7 Å². The highest BCUT2D eigenvalue weighted by atomic mass is 19.4. The number of hydrogen-bond acceptors (Lipinski definition) is 5. The number of nitrogens with two attached hydrogens (primary N) is 1. The third-order valence-corrected chi connectivity index (χ3v) is 6.67.